The number of aliphatic hydroxyl groups is 1. The highest BCUT2D eigenvalue weighted by Gasteiger charge is 2.30. The van der Waals surface area contributed by atoms with E-state index in [0.29, 0.717) is 25.7 Å². The monoisotopic (exact) mass is 1380 g/mol. The van der Waals surface area contributed by atoms with Gasteiger partial charge in [-0.3, -0.25) is 37.3 Å². The van der Waals surface area contributed by atoms with Crippen LogP contribution in [0, 0.1) is 0 Å². The zero-order chi connectivity index (χ0) is 69.0. The minimum atomic E-state index is -4.96. The van der Waals surface area contributed by atoms with Gasteiger partial charge in [0.05, 0.1) is 26.4 Å². The molecule has 19 heteroatoms. The largest absolute Gasteiger partial charge is 0.472 e. The number of phosphoric ester groups is 2. The van der Waals surface area contributed by atoms with Crippen LogP contribution in [0.25, 0.3) is 0 Å². The summed E-state index contributed by atoms with van der Waals surface area (Å²) < 4.78 is 68.3. The number of carbonyl (C=O) groups excluding carboxylic acids is 4. The first kappa shape index (κ1) is 91.5. The van der Waals surface area contributed by atoms with Crippen LogP contribution < -0.4 is 0 Å². The summed E-state index contributed by atoms with van der Waals surface area (Å²) in [4.78, 5) is 72.6. The second-order valence-corrected chi connectivity index (χ2v) is 29.3. The number of carbonyl (C=O) groups is 4. The van der Waals surface area contributed by atoms with Gasteiger partial charge in [-0.1, -0.05) is 322 Å². The highest BCUT2D eigenvalue weighted by molar-refractivity contribution is 7.47. The Balaban J connectivity index is 5.20. The number of rotatable bonds is 74. The summed E-state index contributed by atoms with van der Waals surface area (Å²) in [5.41, 5.74) is 0. The summed E-state index contributed by atoms with van der Waals surface area (Å²) in [6.07, 6.45) is 62.0. The van der Waals surface area contributed by atoms with E-state index < -0.39 is 97.5 Å². The summed E-state index contributed by atoms with van der Waals surface area (Å²) in [6, 6.07) is 0. The van der Waals surface area contributed by atoms with Gasteiger partial charge in [0.15, 0.2) is 12.2 Å². The molecule has 0 aromatic carbocycles. The van der Waals surface area contributed by atoms with Gasteiger partial charge < -0.3 is 33.8 Å². The highest BCUT2D eigenvalue weighted by Crippen LogP contribution is 2.45. The van der Waals surface area contributed by atoms with Gasteiger partial charge in [-0.05, 0) is 51.4 Å². The second kappa shape index (κ2) is 69.0. The van der Waals surface area contributed by atoms with Gasteiger partial charge in [-0.25, -0.2) is 9.13 Å². The zero-order valence-corrected chi connectivity index (χ0v) is 62.2. The van der Waals surface area contributed by atoms with Crippen molar-refractivity contribution in [3.05, 3.63) is 24.3 Å². The molecular formula is C75H142O17P2. The van der Waals surface area contributed by atoms with Gasteiger partial charge in [0, 0.05) is 25.7 Å². The normalized spacial score (nSPS) is 14.1. The molecule has 94 heavy (non-hydrogen) atoms. The fourth-order valence-electron chi connectivity index (χ4n) is 11.0. The predicted octanol–water partition coefficient (Wildman–Crippen LogP) is 21.8. The summed E-state index contributed by atoms with van der Waals surface area (Å²) in [5.74, 6) is -2.15. The van der Waals surface area contributed by atoms with Crippen molar-refractivity contribution in [2.75, 3.05) is 39.6 Å². The van der Waals surface area contributed by atoms with Crippen LogP contribution in [-0.4, -0.2) is 96.7 Å². The van der Waals surface area contributed by atoms with Crippen molar-refractivity contribution in [2.24, 2.45) is 0 Å². The number of hydrogen-bond acceptors (Lipinski definition) is 15. The molecule has 0 amide bonds. The van der Waals surface area contributed by atoms with Crippen molar-refractivity contribution in [1.29, 1.82) is 0 Å². The minimum Gasteiger partial charge on any atom is -0.462 e. The molecule has 0 fully saturated rings. The molecule has 0 spiro atoms. The Morgan fingerprint density at radius 2 is 0.511 bits per heavy atom. The maximum absolute atomic E-state index is 13.1. The van der Waals surface area contributed by atoms with Crippen LogP contribution in [0.5, 0.6) is 0 Å². The second-order valence-electron chi connectivity index (χ2n) is 26.4. The molecule has 3 N–H and O–H groups in total. The summed E-state index contributed by atoms with van der Waals surface area (Å²) in [5, 5.41) is 10.6. The number of esters is 4. The molecule has 0 saturated carbocycles. The van der Waals surface area contributed by atoms with Crippen molar-refractivity contribution >= 4 is 39.5 Å². The van der Waals surface area contributed by atoms with Crippen LogP contribution in [0.3, 0.4) is 0 Å². The van der Waals surface area contributed by atoms with E-state index in [-0.39, 0.29) is 25.7 Å². The molecule has 0 aliphatic rings. The first-order valence-electron chi connectivity index (χ1n) is 38.6. The molecule has 0 heterocycles. The van der Waals surface area contributed by atoms with Gasteiger partial charge in [0.2, 0.25) is 0 Å². The molecule has 0 aromatic rings. The van der Waals surface area contributed by atoms with E-state index >= 15 is 0 Å². The van der Waals surface area contributed by atoms with Crippen LogP contribution in [-0.2, 0) is 65.4 Å². The minimum absolute atomic E-state index is 0.102. The molecule has 5 atom stereocenters. The van der Waals surface area contributed by atoms with Crippen LogP contribution in [0.4, 0.5) is 0 Å². The van der Waals surface area contributed by atoms with Crippen LogP contribution in [0.2, 0.25) is 0 Å². The molecular weight excluding hydrogens is 1230 g/mol. The third-order valence-corrected chi connectivity index (χ3v) is 18.9. The van der Waals surface area contributed by atoms with E-state index in [1.165, 1.54) is 186 Å². The first-order valence-corrected chi connectivity index (χ1v) is 41.6. The fraction of sp³-hybridized carbons (Fsp3) is 0.893. The maximum atomic E-state index is 13.1. The summed E-state index contributed by atoms with van der Waals surface area (Å²) in [7, 11) is -9.91. The van der Waals surface area contributed by atoms with Crippen LogP contribution in [0.1, 0.15) is 374 Å². The number of allylic oxidation sites excluding steroid dienone is 4. The molecule has 0 aliphatic carbocycles. The number of hydrogen-bond donors (Lipinski definition) is 3. The Labute approximate surface area is 573 Å². The Morgan fingerprint density at radius 1 is 0.298 bits per heavy atom. The number of phosphoric acid groups is 2. The molecule has 554 valence electrons. The van der Waals surface area contributed by atoms with E-state index in [0.717, 1.165) is 109 Å². The lowest BCUT2D eigenvalue weighted by molar-refractivity contribution is -0.161. The third kappa shape index (κ3) is 68.1. The molecule has 0 rings (SSSR count). The summed E-state index contributed by atoms with van der Waals surface area (Å²) in [6.45, 7) is 4.87. The maximum Gasteiger partial charge on any atom is 0.472 e. The molecule has 0 bridgehead atoms. The standard InChI is InChI=1S/C75H142O17P2/c1-5-9-13-17-21-25-27-29-31-32-33-34-35-36-38-40-42-46-50-54-58-62-75(80)92-71(66-86-73(78)60-56-52-48-45-41-39-37-30-28-26-22-18-14-10-6-2)68-90-94(83,84)88-64-69(76)63-87-93(81,82)89-67-70(91-74(79)61-57-53-49-44-24-20-16-12-8-4)65-85-72(77)59-55-51-47-43-23-19-15-11-7-3/h26,28,30,37,69-71,76H,5-25,27,29,31-36,38-68H2,1-4H3,(H,81,82)(H,83,84)/b28-26-,37-30-/t69-,70+,71+/m0/s1. The quantitative estimate of drug-likeness (QED) is 0.0169. The van der Waals surface area contributed by atoms with Gasteiger partial charge in [-0.15, -0.1) is 0 Å². The Morgan fingerprint density at radius 3 is 0.777 bits per heavy atom. The molecule has 0 saturated heterocycles. The van der Waals surface area contributed by atoms with Crippen molar-refractivity contribution in [3.8, 4) is 0 Å². The van der Waals surface area contributed by atoms with Gasteiger partial charge >= 0.3 is 39.5 Å². The third-order valence-electron chi connectivity index (χ3n) is 17.0. The number of unbranched alkanes of at least 4 members (excludes halogenated alkanes) is 45. The lowest BCUT2D eigenvalue weighted by Gasteiger charge is -2.21. The van der Waals surface area contributed by atoms with Crippen molar-refractivity contribution in [3.63, 3.8) is 0 Å². The molecule has 0 aromatic heterocycles. The van der Waals surface area contributed by atoms with Crippen molar-refractivity contribution in [1.82, 2.24) is 0 Å². The molecule has 0 aliphatic heterocycles. The highest BCUT2D eigenvalue weighted by atomic mass is 31.2. The van der Waals surface area contributed by atoms with E-state index in [1.807, 2.05) is 0 Å². The summed E-state index contributed by atoms with van der Waals surface area (Å²) >= 11 is 0. The first-order chi connectivity index (χ1) is 45.7. The van der Waals surface area contributed by atoms with E-state index in [2.05, 4.69) is 52.0 Å². The Bertz CT molecular complexity index is 1880. The van der Waals surface area contributed by atoms with Gasteiger partial charge in [0.1, 0.15) is 19.3 Å². The van der Waals surface area contributed by atoms with Gasteiger partial charge in [-0.2, -0.15) is 0 Å². The lowest BCUT2D eigenvalue weighted by atomic mass is 10.0. The topological polar surface area (TPSA) is 237 Å². The van der Waals surface area contributed by atoms with E-state index in [1.54, 1.807) is 0 Å². The smallest absolute Gasteiger partial charge is 0.462 e. The zero-order valence-electron chi connectivity index (χ0n) is 60.4. The van der Waals surface area contributed by atoms with Crippen molar-refractivity contribution in [2.45, 2.75) is 393 Å². The average molecular weight is 1380 g/mol. The molecule has 0 radical (unpaired) electrons. The van der Waals surface area contributed by atoms with Crippen LogP contribution in [0.15, 0.2) is 24.3 Å². The SMILES string of the molecule is CCCCCC/C=C\C=C/CCCCCCCC(=O)OC[C@H](COP(=O)(O)OC[C@@H](O)COP(=O)(O)OC[C@@H](COC(=O)CCCCCCCCCCC)OC(=O)CCCCCCCCCCC)OC(=O)CCCCCCCCCCCCCCCCCCCCCCC. The molecule has 17 nitrogen and oxygen atoms in total. The number of ether oxygens (including phenoxy) is 4. The Hall–Kier alpha value is -2.46. The predicted molar refractivity (Wildman–Crippen MR) is 381 cm³/mol. The lowest BCUT2D eigenvalue weighted by Crippen LogP contribution is -2.30. The van der Waals surface area contributed by atoms with E-state index in [9.17, 15) is 43.2 Å². The van der Waals surface area contributed by atoms with Crippen LogP contribution >= 0.6 is 15.6 Å². The average Bonchev–Trinajstić information content (AvgIpc) is 1.47. The molecule has 2 unspecified atom stereocenters. The van der Waals surface area contributed by atoms with E-state index in [4.69, 9.17) is 37.0 Å². The fourth-order valence-corrected chi connectivity index (χ4v) is 12.6. The Kier molecular flexibility index (Phi) is 67.2. The van der Waals surface area contributed by atoms with Crippen molar-refractivity contribution < 1.29 is 80.2 Å². The van der Waals surface area contributed by atoms with Gasteiger partial charge in [0.25, 0.3) is 0 Å². The number of aliphatic hydroxyl groups excluding tert-OH is 1.